The molecule has 0 spiro atoms. The lowest BCUT2D eigenvalue weighted by Crippen LogP contribution is -1.89. The molecule has 1 atom stereocenters. The van der Waals surface area contributed by atoms with Crippen LogP contribution in [0.4, 0.5) is 0 Å². The second kappa shape index (κ2) is 11.6. The number of alkyl halides is 1. The fraction of sp³-hybridized carbons (Fsp3) is 1.00. The van der Waals surface area contributed by atoms with Gasteiger partial charge in [0.15, 0.2) is 0 Å². The molecular weight excluding hydrogens is 236 g/mol. The summed E-state index contributed by atoms with van der Waals surface area (Å²) in [6.07, 6.45) is 14.3. The Morgan fingerprint density at radius 1 is 0.786 bits per heavy atom. The SMILES string of the molecule is CCCCCCCCCCC[C@@H](C)Br. The van der Waals surface area contributed by atoms with E-state index in [0.717, 1.165) is 0 Å². The van der Waals surface area contributed by atoms with Crippen LogP contribution in [0.5, 0.6) is 0 Å². The maximum atomic E-state index is 3.59. The Morgan fingerprint density at radius 3 is 1.64 bits per heavy atom. The van der Waals surface area contributed by atoms with Crippen molar-refractivity contribution in [3.63, 3.8) is 0 Å². The van der Waals surface area contributed by atoms with Crippen LogP contribution in [0.2, 0.25) is 0 Å². The minimum Gasteiger partial charge on any atom is -0.0894 e. The molecule has 86 valence electrons. The van der Waals surface area contributed by atoms with Gasteiger partial charge in [-0.2, -0.15) is 0 Å². The Labute approximate surface area is 99.0 Å². The van der Waals surface area contributed by atoms with Crippen molar-refractivity contribution in [1.82, 2.24) is 0 Å². The Hall–Kier alpha value is 0.480. The summed E-state index contributed by atoms with van der Waals surface area (Å²) in [5.41, 5.74) is 0. The van der Waals surface area contributed by atoms with Crippen LogP contribution in [0.15, 0.2) is 0 Å². The van der Waals surface area contributed by atoms with Crippen molar-refractivity contribution in [3.05, 3.63) is 0 Å². The Kier molecular flexibility index (Phi) is 12.0. The van der Waals surface area contributed by atoms with Gasteiger partial charge in [-0.05, 0) is 6.42 Å². The van der Waals surface area contributed by atoms with Gasteiger partial charge in [0, 0.05) is 4.83 Å². The molecule has 0 fully saturated rings. The summed E-state index contributed by atoms with van der Waals surface area (Å²) in [5.74, 6) is 0. The zero-order valence-corrected chi connectivity index (χ0v) is 11.6. The van der Waals surface area contributed by atoms with Gasteiger partial charge >= 0.3 is 0 Å². The Bertz CT molecular complexity index is 99.4. The first-order valence-electron chi connectivity index (χ1n) is 6.41. The van der Waals surface area contributed by atoms with Crippen LogP contribution < -0.4 is 0 Å². The monoisotopic (exact) mass is 262 g/mol. The highest BCUT2D eigenvalue weighted by Crippen LogP contribution is 2.13. The molecule has 0 bridgehead atoms. The van der Waals surface area contributed by atoms with E-state index in [1.807, 2.05) is 0 Å². The van der Waals surface area contributed by atoms with Crippen molar-refractivity contribution in [2.24, 2.45) is 0 Å². The normalized spacial score (nSPS) is 13.1. The van der Waals surface area contributed by atoms with Crippen molar-refractivity contribution in [3.8, 4) is 0 Å². The van der Waals surface area contributed by atoms with Gasteiger partial charge in [0.05, 0.1) is 0 Å². The van der Waals surface area contributed by atoms with Gasteiger partial charge in [-0.1, -0.05) is 87.6 Å². The summed E-state index contributed by atoms with van der Waals surface area (Å²) in [6.45, 7) is 4.52. The first-order valence-corrected chi connectivity index (χ1v) is 7.33. The van der Waals surface area contributed by atoms with Crippen molar-refractivity contribution in [2.45, 2.75) is 82.9 Å². The third-order valence-corrected chi connectivity index (χ3v) is 3.16. The lowest BCUT2D eigenvalue weighted by atomic mass is 10.1. The van der Waals surface area contributed by atoms with E-state index in [2.05, 4.69) is 29.8 Å². The zero-order valence-electron chi connectivity index (χ0n) is 10.0. The highest BCUT2D eigenvalue weighted by molar-refractivity contribution is 9.09. The summed E-state index contributed by atoms with van der Waals surface area (Å²) in [5, 5.41) is 0. The number of hydrogen-bond donors (Lipinski definition) is 0. The molecule has 0 saturated carbocycles. The fourth-order valence-corrected chi connectivity index (χ4v) is 2.06. The molecule has 0 aliphatic heterocycles. The average molecular weight is 263 g/mol. The molecule has 0 radical (unpaired) electrons. The standard InChI is InChI=1S/C13H27Br/c1-3-4-5-6-7-8-9-10-11-12-13(2)14/h13H,3-12H2,1-2H3/t13-/m1/s1. The van der Waals surface area contributed by atoms with Crippen molar-refractivity contribution in [2.75, 3.05) is 0 Å². The van der Waals surface area contributed by atoms with Crippen molar-refractivity contribution in [1.29, 1.82) is 0 Å². The highest BCUT2D eigenvalue weighted by Gasteiger charge is 1.95. The van der Waals surface area contributed by atoms with Crippen molar-refractivity contribution >= 4 is 15.9 Å². The van der Waals surface area contributed by atoms with Gasteiger partial charge in [-0.3, -0.25) is 0 Å². The number of halogens is 1. The molecule has 0 N–H and O–H groups in total. The predicted octanol–water partition coefficient (Wildman–Crippen LogP) is 5.69. The molecule has 0 aliphatic rings. The summed E-state index contributed by atoms with van der Waals surface area (Å²) in [6, 6.07) is 0. The smallest absolute Gasteiger partial charge is 0.0117 e. The van der Waals surface area contributed by atoms with E-state index in [-0.39, 0.29) is 0 Å². The number of hydrogen-bond acceptors (Lipinski definition) is 0. The van der Waals surface area contributed by atoms with E-state index in [1.165, 1.54) is 64.2 Å². The predicted molar refractivity (Wildman–Crippen MR) is 70.2 cm³/mol. The first kappa shape index (κ1) is 14.5. The van der Waals surface area contributed by atoms with Crippen LogP contribution in [0.3, 0.4) is 0 Å². The van der Waals surface area contributed by atoms with Crippen molar-refractivity contribution < 1.29 is 0 Å². The van der Waals surface area contributed by atoms with E-state index in [1.54, 1.807) is 0 Å². The largest absolute Gasteiger partial charge is 0.0894 e. The van der Waals surface area contributed by atoms with Crippen LogP contribution in [0, 0.1) is 0 Å². The second-order valence-electron chi connectivity index (χ2n) is 4.40. The van der Waals surface area contributed by atoms with Crippen LogP contribution in [-0.2, 0) is 0 Å². The molecule has 0 rings (SSSR count). The lowest BCUT2D eigenvalue weighted by molar-refractivity contribution is 0.557. The molecular formula is C13H27Br. The molecule has 0 amide bonds. The van der Waals surface area contributed by atoms with Crippen LogP contribution in [-0.4, -0.2) is 4.83 Å². The minimum atomic E-state index is 0.715. The molecule has 0 aromatic rings. The molecule has 0 nitrogen and oxygen atoms in total. The van der Waals surface area contributed by atoms with Gasteiger partial charge < -0.3 is 0 Å². The first-order chi connectivity index (χ1) is 6.77. The van der Waals surface area contributed by atoms with Crippen LogP contribution in [0.1, 0.15) is 78.1 Å². The number of rotatable bonds is 10. The van der Waals surface area contributed by atoms with E-state index >= 15 is 0 Å². The maximum absolute atomic E-state index is 3.59. The van der Waals surface area contributed by atoms with Gasteiger partial charge in [-0.25, -0.2) is 0 Å². The van der Waals surface area contributed by atoms with Crippen LogP contribution >= 0.6 is 15.9 Å². The van der Waals surface area contributed by atoms with Gasteiger partial charge in [0.2, 0.25) is 0 Å². The third-order valence-electron chi connectivity index (χ3n) is 2.71. The van der Waals surface area contributed by atoms with E-state index in [9.17, 15) is 0 Å². The quantitative estimate of drug-likeness (QED) is 0.351. The average Bonchev–Trinajstić information content (AvgIpc) is 2.15. The van der Waals surface area contributed by atoms with Gasteiger partial charge in [0.1, 0.15) is 0 Å². The summed E-state index contributed by atoms with van der Waals surface area (Å²) in [4.78, 5) is 0.715. The molecule has 0 heterocycles. The summed E-state index contributed by atoms with van der Waals surface area (Å²) in [7, 11) is 0. The maximum Gasteiger partial charge on any atom is 0.0117 e. The Morgan fingerprint density at radius 2 is 1.21 bits per heavy atom. The molecule has 0 aromatic carbocycles. The fourth-order valence-electron chi connectivity index (χ4n) is 1.74. The van der Waals surface area contributed by atoms with Gasteiger partial charge in [-0.15, -0.1) is 0 Å². The topological polar surface area (TPSA) is 0 Å². The molecule has 0 aliphatic carbocycles. The van der Waals surface area contributed by atoms with E-state index in [0.29, 0.717) is 4.83 Å². The van der Waals surface area contributed by atoms with Crippen LogP contribution in [0.25, 0.3) is 0 Å². The van der Waals surface area contributed by atoms with E-state index < -0.39 is 0 Å². The molecule has 0 unspecified atom stereocenters. The van der Waals surface area contributed by atoms with Gasteiger partial charge in [0.25, 0.3) is 0 Å². The molecule has 1 heteroatoms. The third kappa shape index (κ3) is 12.5. The zero-order chi connectivity index (χ0) is 10.6. The summed E-state index contributed by atoms with van der Waals surface area (Å²) < 4.78 is 0. The highest BCUT2D eigenvalue weighted by atomic mass is 79.9. The van der Waals surface area contributed by atoms with E-state index in [4.69, 9.17) is 0 Å². The lowest BCUT2D eigenvalue weighted by Gasteiger charge is -2.03. The Balaban J connectivity index is 2.85. The number of unbranched alkanes of at least 4 members (excludes halogenated alkanes) is 8. The molecule has 0 saturated heterocycles. The minimum absolute atomic E-state index is 0.715. The summed E-state index contributed by atoms with van der Waals surface area (Å²) >= 11 is 3.59. The second-order valence-corrected chi connectivity index (χ2v) is 5.96. The molecule has 14 heavy (non-hydrogen) atoms. The molecule has 0 aromatic heterocycles.